The van der Waals surface area contributed by atoms with Gasteiger partial charge in [-0.1, -0.05) is 0 Å². The summed E-state index contributed by atoms with van der Waals surface area (Å²) in [5.74, 6) is 0.0668. The van der Waals surface area contributed by atoms with Gasteiger partial charge in [0, 0.05) is 12.1 Å². The summed E-state index contributed by atoms with van der Waals surface area (Å²) in [6.45, 7) is 0.889. The number of fused-ring (bicyclic) bond motifs is 1. The third-order valence-electron chi connectivity index (χ3n) is 3.82. The minimum atomic E-state index is -0.926. The smallest absolute Gasteiger partial charge is 0.335 e. The molecule has 0 aliphatic carbocycles. The molecule has 0 amide bonds. The Kier molecular flexibility index (Phi) is 3.46. The number of hydrogen-bond acceptors (Lipinski definition) is 4. The van der Waals surface area contributed by atoms with Gasteiger partial charge in [-0.2, -0.15) is 5.10 Å². The number of carbonyl (C=O) groups is 1. The largest absolute Gasteiger partial charge is 0.478 e. The summed E-state index contributed by atoms with van der Waals surface area (Å²) in [5, 5.41) is 17.2. The lowest BCUT2D eigenvalue weighted by Gasteiger charge is -2.06. The zero-order valence-corrected chi connectivity index (χ0v) is 14.3. The molecule has 0 fully saturated rings. The molecule has 0 radical (unpaired) electrons. The highest BCUT2D eigenvalue weighted by molar-refractivity contribution is 9.11. The summed E-state index contributed by atoms with van der Waals surface area (Å²) in [6.07, 6.45) is 0.938. The Labute approximate surface area is 144 Å². The normalized spacial score (nSPS) is 12.9. The zero-order valence-electron chi connectivity index (χ0n) is 11.9. The van der Waals surface area contributed by atoms with Gasteiger partial charge in [0.25, 0.3) is 0 Å². The molecular weight excluding hydrogens is 378 g/mol. The number of rotatable bonds is 3. The van der Waals surface area contributed by atoms with Crippen molar-refractivity contribution in [1.82, 2.24) is 9.78 Å². The molecule has 23 heavy (non-hydrogen) atoms. The minimum absolute atomic E-state index is 0.271. The van der Waals surface area contributed by atoms with E-state index in [2.05, 4.69) is 27.3 Å². The van der Waals surface area contributed by atoms with Crippen molar-refractivity contribution in [2.45, 2.75) is 6.42 Å². The van der Waals surface area contributed by atoms with Gasteiger partial charge < -0.3 is 10.4 Å². The molecule has 7 heteroatoms. The molecular formula is C16H12BrN3O2S. The highest BCUT2D eigenvalue weighted by Gasteiger charge is 2.24. The molecule has 0 bridgehead atoms. The number of nitrogens with one attached hydrogen (secondary N) is 1. The third-order valence-corrected chi connectivity index (χ3v) is 5.45. The second-order valence-corrected chi connectivity index (χ2v) is 7.68. The summed E-state index contributed by atoms with van der Waals surface area (Å²) < 4.78 is 2.93. The van der Waals surface area contributed by atoms with Crippen molar-refractivity contribution in [1.29, 1.82) is 0 Å². The first-order valence-electron chi connectivity index (χ1n) is 7.08. The van der Waals surface area contributed by atoms with Crippen molar-refractivity contribution >= 4 is 39.1 Å². The molecule has 1 aliphatic heterocycles. The Morgan fingerprint density at radius 1 is 1.26 bits per heavy atom. The molecule has 3 aromatic rings. The maximum absolute atomic E-state index is 11.0. The van der Waals surface area contributed by atoms with Crippen LogP contribution in [0.1, 0.15) is 15.9 Å². The molecule has 0 saturated carbocycles. The van der Waals surface area contributed by atoms with E-state index in [1.807, 2.05) is 10.7 Å². The number of thiophene rings is 1. The molecule has 0 unspecified atom stereocenters. The Hall–Kier alpha value is -2.12. The van der Waals surface area contributed by atoms with Gasteiger partial charge in [0.15, 0.2) is 0 Å². The van der Waals surface area contributed by atoms with Crippen LogP contribution < -0.4 is 5.32 Å². The van der Waals surface area contributed by atoms with E-state index in [-0.39, 0.29) is 5.56 Å². The molecule has 0 spiro atoms. The van der Waals surface area contributed by atoms with E-state index >= 15 is 0 Å². The number of hydrogen-bond donors (Lipinski definition) is 2. The predicted octanol–water partition coefficient (Wildman–Crippen LogP) is 4.03. The van der Waals surface area contributed by atoms with E-state index in [1.165, 1.54) is 5.56 Å². The fourth-order valence-electron chi connectivity index (χ4n) is 2.75. The van der Waals surface area contributed by atoms with Crippen molar-refractivity contribution < 1.29 is 9.90 Å². The Morgan fingerprint density at radius 3 is 2.70 bits per heavy atom. The first-order chi connectivity index (χ1) is 11.1. The molecule has 1 aliphatic rings. The van der Waals surface area contributed by atoms with Gasteiger partial charge in [0.1, 0.15) is 11.5 Å². The van der Waals surface area contributed by atoms with E-state index in [9.17, 15) is 4.79 Å². The third kappa shape index (κ3) is 2.46. The van der Waals surface area contributed by atoms with Gasteiger partial charge in [-0.3, -0.25) is 0 Å². The molecule has 5 nitrogen and oxygen atoms in total. The van der Waals surface area contributed by atoms with Gasteiger partial charge >= 0.3 is 5.97 Å². The van der Waals surface area contributed by atoms with Crippen LogP contribution in [0.15, 0.2) is 40.2 Å². The van der Waals surface area contributed by atoms with Crippen LogP contribution in [0.5, 0.6) is 0 Å². The molecule has 2 aromatic heterocycles. The summed E-state index contributed by atoms with van der Waals surface area (Å²) >= 11 is 5.15. The van der Waals surface area contributed by atoms with Crippen LogP contribution >= 0.6 is 27.3 Å². The average molecular weight is 390 g/mol. The second kappa shape index (κ2) is 5.50. The summed E-state index contributed by atoms with van der Waals surface area (Å²) in [7, 11) is 0. The number of aromatic carboxylic acids is 1. The molecule has 3 heterocycles. The molecule has 1 aromatic carbocycles. The zero-order chi connectivity index (χ0) is 16.0. The SMILES string of the molecule is O=C(O)c1ccc(-n2nc(-c3ccc(Br)s3)c3c2NCC3)cc1. The minimum Gasteiger partial charge on any atom is -0.478 e. The summed E-state index contributed by atoms with van der Waals surface area (Å²) in [5.41, 5.74) is 3.32. The number of halogens is 1. The highest BCUT2D eigenvalue weighted by Crippen LogP contribution is 2.38. The van der Waals surface area contributed by atoms with E-state index in [4.69, 9.17) is 10.2 Å². The standard InChI is InChI=1S/C16H12BrN3O2S/c17-13-6-5-12(23-13)14-11-7-8-18-15(11)20(19-14)10-3-1-9(2-4-10)16(21)22/h1-6,18H,7-8H2,(H,21,22). The number of anilines is 1. The van der Waals surface area contributed by atoms with Gasteiger partial charge in [-0.05, 0) is 58.7 Å². The van der Waals surface area contributed by atoms with Crippen LogP contribution in [0.25, 0.3) is 16.3 Å². The van der Waals surface area contributed by atoms with Crippen molar-refractivity contribution in [3.05, 3.63) is 51.3 Å². The Morgan fingerprint density at radius 2 is 2.04 bits per heavy atom. The average Bonchev–Trinajstić information content (AvgIpc) is 3.23. The molecule has 2 N–H and O–H groups in total. The molecule has 0 atom stereocenters. The Balaban J connectivity index is 1.82. The first kappa shape index (κ1) is 14.5. The van der Waals surface area contributed by atoms with E-state index in [0.717, 1.165) is 38.8 Å². The van der Waals surface area contributed by atoms with E-state index in [0.29, 0.717) is 0 Å². The summed E-state index contributed by atoms with van der Waals surface area (Å²) in [6, 6.07) is 10.9. The monoisotopic (exact) mass is 389 g/mol. The lowest BCUT2D eigenvalue weighted by molar-refractivity contribution is 0.0697. The van der Waals surface area contributed by atoms with Crippen molar-refractivity contribution in [2.75, 3.05) is 11.9 Å². The Bertz CT molecular complexity index is 899. The van der Waals surface area contributed by atoms with Crippen LogP contribution in [0.4, 0.5) is 5.82 Å². The number of aromatic nitrogens is 2. The van der Waals surface area contributed by atoms with Crippen LogP contribution in [0.3, 0.4) is 0 Å². The van der Waals surface area contributed by atoms with Gasteiger partial charge in [0.05, 0.1) is 19.9 Å². The molecule has 4 rings (SSSR count). The number of carboxylic acid groups (broad SMARTS) is 1. The molecule has 116 valence electrons. The van der Waals surface area contributed by atoms with Gasteiger partial charge in [0.2, 0.25) is 0 Å². The number of benzene rings is 1. The van der Waals surface area contributed by atoms with Crippen LogP contribution in [0.2, 0.25) is 0 Å². The fourth-order valence-corrected chi connectivity index (χ4v) is 4.14. The highest BCUT2D eigenvalue weighted by atomic mass is 79.9. The topological polar surface area (TPSA) is 67.1 Å². The van der Waals surface area contributed by atoms with Crippen molar-refractivity contribution in [2.24, 2.45) is 0 Å². The maximum atomic E-state index is 11.0. The van der Waals surface area contributed by atoms with Crippen LogP contribution in [0, 0.1) is 0 Å². The second-order valence-electron chi connectivity index (χ2n) is 5.22. The van der Waals surface area contributed by atoms with Crippen LogP contribution in [-0.4, -0.2) is 27.4 Å². The van der Waals surface area contributed by atoms with Gasteiger partial charge in [-0.25, -0.2) is 9.48 Å². The lowest BCUT2D eigenvalue weighted by Crippen LogP contribution is -2.05. The van der Waals surface area contributed by atoms with E-state index in [1.54, 1.807) is 35.6 Å². The predicted molar refractivity (Wildman–Crippen MR) is 93.7 cm³/mol. The quantitative estimate of drug-likeness (QED) is 0.709. The number of carboxylic acids is 1. The molecule has 0 saturated heterocycles. The van der Waals surface area contributed by atoms with Gasteiger partial charge in [-0.15, -0.1) is 11.3 Å². The van der Waals surface area contributed by atoms with Crippen molar-refractivity contribution in [3.8, 4) is 16.3 Å². The first-order valence-corrected chi connectivity index (χ1v) is 8.69. The number of nitrogens with zero attached hydrogens (tertiary/aromatic N) is 2. The maximum Gasteiger partial charge on any atom is 0.335 e. The summed E-state index contributed by atoms with van der Waals surface area (Å²) in [4.78, 5) is 12.1. The van der Waals surface area contributed by atoms with Crippen LogP contribution in [-0.2, 0) is 6.42 Å². The van der Waals surface area contributed by atoms with E-state index < -0.39 is 5.97 Å². The lowest BCUT2D eigenvalue weighted by atomic mass is 10.2. The fraction of sp³-hybridized carbons (Fsp3) is 0.125. The van der Waals surface area contributed by atoms with Crippen molar-refractivity contribution in [3.63, 3.8) is 0 Å².